The topological polar surface area (TPSA) is 15.3 Å². The van der Waals surface area contributed by atoms with Crippen molar-refractivity contribution in [3.05, 3.63) is 0 Å². The van der Waals surface area contributed by atoms with E-state index in [0.29, 0.717) is 6.04 Å². The van der Waals surface area contributed by atoms with Crippen LogP contribution in [0.25, 0.3) is 0 Å². The highest BCUT2D eigenvalue weighted by Crippen LogP contribution is 2.37. The molecule has 4 unspecified atom stereocenters. The maximum Gasteiger partial charge on any atom is 0.0220 e. The SMILES string of the molecule is CCCNC(CN(C)CC1CC1C)C(C)CC. The minimum absolute atomic E-state index is 0.666. The van der Waals surface area contributed by atoms with E-state index in [1.807, 2.05) is 0 Å². The van der Waals surface area contributed by atoms with Crippen molar-refractivity contribution >= 4 is 0 Å². The summed E-state index contributed by atoms with van der Waals surface area (Å²) in [6.45, 7) is 13.0. The Kier molecular flexibility index (Phi) is 6.50. The first-order valence-corrected chi connectivity index (χ1v) is 7.50. The van der Waals surface area contributed by atoms with Gasteiger partial charge in [0.05, 0.1) is 0 Å². The van der Waals surface area contributed by atoms with Gasteiger partial charge in [0.25, 0.3) is 0 Å². The third-order valence-electron chi connectivity index (χ3n) is 4.32. The van der Waals surface area contributed by atoms with Crippen LogP contribution in [0, 0.1) is 17.8 Å². The average molecular weight is 240 g/mol. The van der Waals surface area contributed by atoms with Crippen LogP contribution in [0.3, 0.4) is 0 Å². The highest BCUT2D eigenvalue weighted by Gasteiger charge is 2.33. The summed E-state index contributed by atoms with van der Waals surface area (Å²) in [6.07, 6.45) is 3.95. The molecule has 0 aliphatic heterocycles. The molecular weight excluding hydrogens is 208 g/mol. The molecule has 0 aromatic carbocycles. The van der Waals surface area contributed by atoms with Crippen molar-refractivity contribution in [1.82, 2.24) is 10.2 Å². The Morgan fingerprint density at radius 1 is 1.35 bits per heavy atom. The van der Waals surface area contributed by atoms with Gasteiger partial charge in [-0.1, -0.05) is 34.1 Å². The molecule has 17 heavy (non-hydrogen) atoms. The Bertz CT molecular complexity index is 205. The van der Waals surface area contributed by atoms with Crippen molar-refractivity contribution in [3.8, 4) is 0 Å². The van der Waals surface area contributed by atoms with Crippen molar-refractivity contribution in [3.63, 3.8) is 0 Å². The van der Waals surface area contributed by atoms with Crippen LogP contribution in [0.4, 0.5) is 0 Å². The van der Waals surface area contributed by atoms with Crippen LogP contribution in [-0.4, -0.2) is 37.6 Å². The molecule has 1 saturated carbocycles. The van der Waals surface area contributed by atoms with E-state index in [-0.39, 0.29) is 0 Å². The number of nitrogens with zero attached hydrogens (tertiary/aromatic N) is 1. The Morgan fingerprint density at radius 3 is 2.47 bits per heavy atom. The fourth-order valence-electron chi connectivity index (χ4n) is 2.52. The standard InChI is InChI=1S/C15H32N2/c1-6-8-16-15(12(3)7-2)11-17(5)10-14-9-13(14)4/h12-16H,6-11H2,1-5H3. The van der Waals surface area contributed by atoms with E-state index in [0.717, 1.165) is 24.3 Å². The molecule has 1 fully saturated rings. The second-order valence-corrected chi connectivity index (χ2v) is 6.14. The maximum absolute atomic E-state index is 3.71. The van der Waals surface area contributed by atoms with Gasteiger partial charge in [-0.25, -0.2) is 0 Å². The zero-order chi connectivity index (χ0) is 12.8. The number of rotatable bonds is 9. The fourth-order valence-corrected chi connectivity index (χ4v) is 2.52. The van der Waals surface area contributed by atoms with Gasteiger partial charge in [0.1, 0.15) is 0 Å². The lowest BCUT2D eigenvalue weighted by molar-refractivity contribution is 0.235. The van der Waals surface area contributed by atoms with Gasteiger partial charge >= 0.3 is 0 Å². The van der Waals surface area contributed by atoms with Crippen molar-refractivity contribution in [1.29, 1.82) is 0 Å². The lowest BCUT2D eigenvalue weighted by Gasteiger charge is -2.29. The molecule has 102 valence electrons. The van der Waals surface area contributed by atoms with Crippen LogP contribution in [0.5, 0.6) is 0 Å². The van der Waals surface area contributed by atoms with Crippen LogP contribution in [-0.2, 0) is 0 Å². The first-order valence-electron chi connectivity index (χ1n) is 7.50. The summed E-state index contributed by atoms with van der Waals surface area (Å²) in [4.78, 5) is 2.54. The summed E-state index contributed by atoms with van der Waals surface area (Å²) in [5.41, 5.74) is 0. The molecule has 2 nitrogen and oxygen atoms in total. The Balaban J connectivity index is 2.30. The van der Waals surface area contributed by atoms with Gasteiger partial charge < -0.3 is 10.2 Å². The summed E-state index contributed by atoms with van der Waals surface area (Å²) in [6, 6.07) is 0.666. The van der Waals surface area contributed by atoms with Gasteiger partial charge in [0.15, 0.2) is 0 Å². The smallest absolute Gasteiger partial charge is 0.0220 e. The Labute approximate surface area is 108 Å². The molecule has 0 aromatic heterocycles. The second-order valence-electron chi connectivity index (χ2n) is 6.14. The van der Waals surface area contributed by atoms with Crippen molar-refractivity contribution in [2.24, 2.45) is 17.8 Å². The van der Waals surface area contributed by atoms with Crippen LogP contribution in [0.15, 0.2) is 0 Å². The lowest BCUT2D eigenvalue weighted by Crippen LogP contribution is -2.44. The summed E-state index contributed by atoms with van der Waals surface area (Å²) < 4.78 is 0. The third kappa shape index (κ3) is 5.39. The van der Waals surface area contributed by atoms with Gasteiger partial charge in [-0.2, -0.15) is 0 Å². The zero-order valence-corrected chi connectivity index (χ0v) is 12.5. The Morgan fingerprint density at radius 2 is 2.00 bits per heavy atom. The first-order chi connectivity index (χ1) is 8.08. The summed E-state index contributed by atoms with van der Waals surface area (Å²) in [7, 11) is 2.29. The molecule has 0 amide bonds. The highest BCUT2D eigenvalue weighted by atomic mass is 15.1. The van der Waals surface area contributed by atoms with Crippen LogP contribution < -0.4 is 5.32 Å². The predicted molar refractivity (Wildman–Crippen MR) is 76.3 cm³/mol. The molecule has 0 radical (unpaired) electrons. The molecular formula is C15H32N2. The van der Waals surface area contributed by atoms with Crippen LogP contribution in [0.2, 0.25) is 0 Å². The summed E-state index contributed by atoms with van der Waals surface area (Å²) >= 11 is 0. The monoisotopic (exact) mass is 240 g/mol. The zero-order valence-electron chi connectivity index (χ0n) is 12.5. The number of hydrogen-bond acceptors (Lipinski definition) is 2. The first kappa shape index (κ1) is 15.0. The Hall–Kier alpha value is -0.0800. The molecule has 1 rings (SSSR count). The quantitative estimate of drug-likeness (QED) is 0.666. The van der Waals surface area contributed by atoms with Gasteiger partial charge in [0, 0.05) is 19.1 Å². The van der Waals surface area contributed by atoms with Crippen molar-refractivity contribution in [2.75, 3.05) is 26.7 Å². The van der Waals surface area contributed by atoms with E-state index in [4.69, 9.17) is 0 Å². The fraction of sp³-hybridized carbons (Fsp3) is 1.00. The van der Waals surface area contributed by atoms with Crippen molar-refractivity contribution in [2.45, 2.75) is 53.0 Å². The number of hydrogen-bond donors (Lipinski definition) is 1. The average Bonchev–Trinajstić information content (AvgIpc) is 2.98. The van der Waals surface area contributed by atoms with E-state index in [1.165, 1.54) is 32.4 Å². The molecule has 1 N–H and O–H groups in total. The number of nitrogens with one attached hydrogen (secondary N) is 1. The minimum atomic E-state index is 0.666. The number of likely N-dealkylation sites (N-methyl/N-ethyl adjacent to an activating group) is 1. The van der Waals surface area contributed by atoms with Crippen LogP contribution >= 0.6 is 0 Å². The van der Waals surface area contributed by atoms with E-state index < -0.39 is 0 Å². The molecule has 0 heterocycles. The third-order valence-corrected chi connectivity index (χ3v) is 4.32. The largest absolute Gasteiger partial charge is 0.312 e. The van der Waals surface area contributed by atoms with Crippen LogP contribution in [0.1, 0.15) is 47.0 Å². The van der Waals surface area contributed by atoms with E-state index in [9.17, 15) is 0 Å². The molecule has 0 spiro atoms. The predicted octanol–water partition coefficient (Wildman–Crippen LogP) is 2.99. The summed E-state index contributed by atoms with van der Waals surface area (Å²) in [5.74, 6) is 2.73. The lowest BCUT2D eigenvalue weighted by atomic mass is 9.98. The molecule has 0 aromatic rings. The van der Waals surface area contributed by atoms with Gasteiger partial charge in [-0.15, -0.1) is 0 Å². The molecule has 0 bridgehead atoms. The maximum atomic E-state index is 3.71. The van der Waals surface area contributed by atoms with Gasteiger partial charge in [-0.3, -0.25) is 0 Å². The van der Waals surface area contributed by atoms with Gasteiger partial charge in [0.2, 0.25) is 0 Å². The molecule has 0 saturated heterocycles. The van der Waals surface area contributed by atoms with Gasteiger partial charge in [-0.05, 0) is 44.2 Å². The van der Waals surface area contributed by atoms with E-state index in [2.05, 4.69) is 45.0 Å². The normalized spacial score (nSPS) is 27.2. The highest BCUT2D eigenvalue weighted by molar-refractivity contribution is 4.86. The summed E-state index contributed by atoms with van der Waals surface area (Å²) in [5, 5.41) is 3.71. The van der Waals surface area contributed by atoms with E-state index in [1.54, 1.807) is 0 Å². The van der Waals surface area contributed by atoms with Crippen molar-refractivity contribution < 1.29 is 0 Å². The molecule has 1 aliphatic rings. The second kappa shape index (κ2) is 7.38. The molecule has 1 aliphatic carbocycles. The minimum Gasteiger partial charge on any atom is -0.312 e. The molecule has 2 heteroatoms. The molecule has 4 atom stereocenters. The van der Waals surface area contributed by atoms with E-state index >= 15 is 0 Å².